The molecule has 144 valence electrons. The molecular formula is C20H29NO5. The number of hydrogen-bond donors (Lipinski definition) is 0. The molecule has 0 spiro atoms. The van der Waals surface area contributed by atoms with Gasteiger partial charge in [-0.15, -0.1) is 5.06 Å². The van der Waals surface area contributed by atoms with Crippen molar-refractivity contribution in [3.63, 3.8) is 0 Å². The highest BCUT2D eigenvalue weighted by molar-refractivity contribution is 5.71. The zero-order valence-electron chi connectivity index (χ0n) is 16.7. The predicted molar refractivity (Wildman–Crippen MR) is 100 cm³/mol. The van der Waals surface area contributed by atoms with E-state index in [1.165, 1.54) is 0 Å². The Morgan fingerprint density at radius 2 is 1.50 bits per heavy atom. The number of nitrogens with zero attached hydrogens (tertiary/aromatic N) is 1. The zero-order valence-corrected chi connectivity index (χ0v) is 16.7. The maximum Gasteiger partial charge on any atom is 0.534 e. The SMILES string of the molecule is C/C(=C\CN(OC(=O)OC(C)(C)C)C(=O)OC(C)(C)C)c1ccccc1. The molecule has 0 aliphatic carbocycles. The summed E-state index contributed by atoms with van der Waals surface area (Å²) >= 11 is 0. The van der Waals surface area contributed by atoms with Crippen LogP contribution in [0, 0.1) is 0 Å². The second-order valence-corrected chi connectivity index (χ2v) is 7.85. The number of ether oxygens (including phenoxy) is 2. The topological polar surface area (TPSA) is 65.1 Å². The summed E-state index contributed by atoms with van der Waals surface area (Å²) < 4.78 is 10.4. The Hall–Kier alpha value is -2.50. The summed E-state index contributed by atoms with van der Waals surface area (Å²) in [4.78, 5) is 29.4. The lowest BCUT2D eigenvalue weighted by molar-refractivity contribution is -0.130. The van der Waals surface area contributed by atoms with Gasteiger partial charge in [-0.25, -0.2) is 9.59 Å². The second-order valence-electron chi connectivity index (χ2n) is 7.85. The van der Waals surface area contributed by atoms with Crippen LogP contribution >= 0.6 is 0 Å². The van der Waals surface area contributed by atoms with E-state index in [0.717, 1.165) is 16.2 Å². The summed E-state index contributed by atoms with van der Waals surface area (Å²) in [5, 5.41) is 0.853. The molecule has 0 bridgehead atoms. The molecule has 1 amide bonds. The number of carbonyl (C=O) groups excluding carboxylic acids is 2. The molecule has 0 fully saturated rings. The molecule has 1 aromatic rings. The minimum absolute atomic E-state index is 0.0366. The third-order valence-electron chi connectivity index (χ3n) is 2.96. The van der Waals surface area contributed by atoms with Crippen LogP contribution in [-0.4, -0.2) is 35.1 Å². The summed E-state index contributed by atoms with van der Waals surface area (Å²) in [7, 11) is 0. The highest BCUT2D eigenvalue weighted by Gasteiger charge is 2.27. The van der Waals surface area contributed by atoms with Crippen LogP contribution in [0.5, 0.6) is 0 Å². The number of carbonyl (C=O) groups is 2. The van der Waals surface area contributed by atoms with Gasteiger partial charge in [-0.05, 0) is 59.6 Å². The fourth-order valence-corrected chi connectivity index (χ4v) is 1.86. The largest absolute Gasteiger partial charge is 0.534 e. The molecule has 0 aliphatic heterocycles. The van der Waals surface area contributed by atoms with Crippen molar-refractivity contribution in [2.45, 2.75) is 59.7 Å². The van der Waals surface area contributed by atoms with Gasteiger partial charge in [0.25, 0.3) is 0 Å². The van der Waals surface area contributed by atoms with Crippen LogP contribution in [0.1, 0.15) is 54.0 Å². The first kappa shape index (κ1) is 21.5. The Morgan fingerprint density at radius 1 is 0.962 bits per heavy atom. The van der Waals surface area contributed by atoms with Crippen LogP contribution in [0.15, 0.2) is 36.4 Å². The molecule has 0 aromatic heterocycles. The standard InChI is InChI=1S/C20H29NO5/c1-15(16-11-9-8-10-12-16)13-14-21(17(22)24-19(2,3)4)26-18(23)25-20(5,6)7/h8-13H,14H2,1-7H3/b15-13+. The molecular weight excluding hydrogens is 334 g/mol. The average molecular weight is 363 g/mol. The van der Waals surface area contributed by atoms with Gasteiger partial charge in [-0.2, -0.15) is 0 Å². The van der Waals surface area contributed by atoms with E-state index in [9.17, 15) is 9.59 Å². The van der Waals surface area contributed by atoms with Crippen molar-refractivity contribution in [1.82, 2.24) is 5.06 Å². The van der Waals surface area contributed by atoms with Crippen molar-refractivity contribution < 1.29 is 23.9 Å². The Bertz CT molecular complexity index is 638. The van der Waals surface area contributed by atoms with E-state index in [1.807, 2.05) is 37.3 Å². The molecule has 6 nitrogen and oxygen atoms in total. The van der Waals surface area contributed by atoms with Gasteiger partial charge >= 0.3 is 12.2 Å². The van der Waals surface area contributed by atoms with Crippen LogP contribution < -0.4 is 0 Å². The van der Waals surface area contributed by atoms with E-state index in [4.69, 9.17) is 14.3 Å². The maximum atomic E-state index is 12.4. The summed E-state index contributed by atoms with van der Waals surface area (Å²) in [6.45, 7) is 12.3. The molecule has 0 N–H and O–H groups in total. The van der Waals surface area contributed by atoms with E-state index in [0.29, 0.717) is 0 Å². The van der Waals surface area contributed by atoms with E-state index >= 15 is 0 Å². The molecule has 1 aromatic carbocycles. The monoisotopic (exact) mass is 363 g/mol. The first-order valence-corrected chi connectivity index (χ1v) is 8.51. The molecule has 0 aliphatic rings. The minimum Gasteiger partial charge on any atom is -0.442 e. The molecule has 0 heterocycles. The zero-order chi connectivity index (χ0) is 20.0. The number of benzene rings is 1. The molecule has 0 atom stereocenters. The summed E-state index contributed by atoms with van der Waals surface area (Å²) in [5.74, 6) is 0. The average Bonchev–Trinajstić information content (AvgIpc) is 2.48. The Kier molecular flexibility index (Phi) is 7.24. The smallest absolute Gasteiger partial charge is 0.442 e. The van der Waals surface area contributed by atoms with Gasteiger partial charge in [0.2, 0.25) is 0 Å². The molecule has 6 heteroatoms. The van der Waals surface area contributed by atoms with Crippen LogP contribution in [0.2, 0.25) is 0 Å². The molecule has 0 unspecified atom stereocenters. The summed E-state index contributed by atoms with van der Waals surface area (Å²) in [6, 6.07) is 9.69. The van der Waals surface area contributed by atoms with Gasteiger partial charge in [-0.1, -0.05) is 36.4 Å². The van der Waals surface area contributed by atoms with Crippen LogP contribution in [-0.2, 0) is 14.3 Å². The van der Waals surface area contributed by atoms with Gasteiger partial charge in [0.15, 0.2) is 0 Å². The quantitative estimate of drug-likeness (QED) is 0.546. The maximum absolute atomic E-state index is 12.4. The molecule has 0 saturated carbocycles. The molecule has 26 heavy (non-hydrogen) atoms. The highest BCUT2D eigenvalue weighted by atomic mass is 16.8. The highest BCUT2D eigenvalue weighted by Crippen LogP contribution is 2.16. The van der Waals surface area contributed by atoms with Gasteiger partial charge in [-0.3, -0.25) is 4.84 Å². The van der Waals surface area contributed by atoms with Crippen molar-refractivity contribution in [2.24, 2.45) is 0 Å². The fraction of sp³-hybridized carbons (Fsp3) is 0.500. The van der Waals surface area contributed by atoms with Crippen LogP contribution in [0.25, 0.3) is 5.57 Å². The van der Waals surface area contributed by atoms with Gasteiger partial charge in [0.1, 0.15) is 11.2 Å². The van der Waals surface area contributed by atoms with E-state index < -0.39 is 23.5 Å². The van der Waals surface area contributed by atoms with Gasteiger partial charge in [0, 0.05) is 0 Å². The number of rotatable bonds is 3. The normalized spacial score (nSPS) is 12.3. The molecule has 0 saturated heterocycles. The van der Waals surface area contributed by atoms with Gasteiger partial charge in [0.05, 0.1) is 6.54 Å². The molecule has 1 rings (SSSR count). The third-order valence-corrected chi connectivity index (χ3v) is 2.96. The van der Waals surface area contributed by atoms with Crippen molar-refractivity contribution in [3.05, 3.63) is 42.0 Å². The van der Waals surface area contributed by atoms with Crippen molar-refractivity contribution >= 4 is 17.8 Å². The Labute approximate surface area is 155 Å². The van der Waals surface area contributed by atoms with Crippen LogP contribution in [0.3, 0.4) is 0 Å². The number of allylic oxidation sites excluding steroid dienone is 1. The molecule has 0 radical (unpaired) electrons. The Balaban J connectivity index is 2.89. The first-order chi connectivity index (χ1) is 11.9. The van der Waals surface area contributed by atoms with E-state index in [1.54, 1.807) is 47.6 Å². The summed E-state index contributed by atoms with van der Waals surface area (Å²) in [5.41, 5.74) is 0.498. The first-order valence-electron chi connectivity index (χ1n) is 8.51. The Morgan fingerprint density at radius 3 is 2.00 bits per heavy atom. The van der Waals surface area contributed by atoms with Crippen molar-refractivity contribution in [1.29, 1.82) is 0 Å². The lowest BCUT2D eigenvalue weighted by Gasteiger charge is -2.26. The lowest BCUT2D eigenvalue weighted by atomic mass is 10.1. The number of amides is 1. The minimum atomic E-state index is -0.964. The van der Waals surface area contributed by atoms with Crippen molar-refractivity contribution in [3.8, 4) is 0 Å². The fourth-order valence-electron chi connectivity index (χ4n) is 1.86. The van der Waals surface area contributed by atoms with Crippen molar-refractivity contribution in [2.75, 3.05) is 6.54 Å². The summed E-state index contributed by atoms with van der Waals surface area (Å²) in [6.07, 6.45) is 0.0541. The van der Waals surface area contributed by atoms with E-state index in [-0.39, 0.29) is 6.54 Å². The number of hydroxylamine groups is 2. The van der Waals surface area contributed by atoms with E-state index in [2.05, 4.69) is 0 Å². The number of hydrogen-bond acceptors (Lipinski definition) is 5. The van der Waals surface area contributed by atoms with Gasteiger partial charge < -0.3 is 9.47 Å². The van der Waals surface area contributed by atoms with Crippen LogP contribution in [0.4, 0.5) is 9.59 Å². The second kappa shape index (κ2) is 8.74. The lowest BCUT2D eigenvalue weighted by Crippen LogP contribution is -2.39. The third kappa shape index (κ3) is 8.55. The predicted octanol–water partition coefficient (Wildman–Crippen LogP) is 5.19.